The molecule has 0 aliphatic carbocycles. The minimum absolute atomic E-state index is 0.244. The first-order valence-corrected chi connectivity index (χ1v) is 8.32. The zero-order valence-electron chi connectivity index (χ0n) is 13.6. The van der Waals surface area contributed by atoms with Crippen LogP contribution in [-0.2, 0) is 12.8 Å². The Morgan fingerprint density at radius 2 is 1.73 bits per heavy atom. The third-order valence-electron chi connectivity index (χ3n) is 3.88. The van der Waals surface area contributed by atoms with Crippen LogP contribution in [0, 0.1) is 0 Å². The lowest BCUT2D eigenvalue weighted by Gasteiger charge is -2.14. The number of aromatic hydroxyl groups is 1. The molecule has 0 amide bonds. The van der Waals surface area contributed by atoms with Crippen LogP contribution in [0.5, 0.6) is 17.2 Å². The van der Waals surface area contributed by atoms with Gasteiger partial charge in [0.25, 0.3) is 0 Å². The van der Waals surface area contributed by atoms with E-state index in [0.29, 0.717) is 5.75 Å². The molecule has 0 radical (unpaired) electrons. The lowest BCUT2D eigenvalue weighted by Crippen LogP contribution is -1.96. The minimum Gasteiger partial charge on any atom is -0.504 e. The van der Waals surface area contributed by atoms with Crippen LogP contribution in [0.2, 0.25) is 0 Å². The molecule has 0 bridgehead atoms. The fourth-order valence-corrected chi connectivity index (χ4v) is 2.59. The molecule has 0 saturated heterocycles. The molecule has 118 valence electrons. The average Bonchev–Trinajstić information content (AvgIpc) is 2.55. The van der Waals surface area contributed by atoms with Gasteiger partial charge in [0, 0.05) is 0 Å². The first-order chi connectivity index (χ1) is 10.7. The summed E-state index contributed by atoms with van der Waals surface area (Å²) in [5.41, 5.74) is 2.26. The highest BCUT2D eigenvalue weighted by atomic mass is 16.5. The summed E-state index contributed by atoms with van der Waals surface area (Å²) in [5.74, 6) is 1.62. The zero-order chi connectivity index (χ0) is 15.8. The largest absolute Gasteiger partial charge is 0.504 e. The van der Waals surface area contributed by atoms with Crippen LogP contribution >= 0.6 is 0 Å². The van der Waals surface area contributed by atoms with Crippen molar-refractivity contribution in [2.75, 3.05) is 0 Å². The van der Waals surface area contributed by atoms with Gasteiger partial charge >= 0.3 is 0 Å². The standard InChI is InChI=1S/C20H26O2/c1-3-5-6-8-11-17-14-16(4-2)15-19(21)20(17)22-18-12-9-7-10-13-18/h7,9-10,12-15,21H,3-6,8,11H2,1-2H3. The normalized spacial score (nSPS) is 10.6. The summed E-state index contributed by atoms with van der Waals surface area (Å²) >= 11 is 0. The molecule has 2 rings (SSSR count). The predicted octanol–water partition coefficient (Wildman–Crippen LogP) is 5.87. The van der Waals surface area contributed by atoms with Crippen molar-refractivity contribution in [3.63, 3.8) is 0 Å². The molecule has 2 aromatic rings. The van der Waals surface area contributed by atoms with Crippen LogP contribution < -0.4 is 4.74 Å². The number of aryl methyl sites for hydroxylation is 2. The van der Waals surface area contributed by atoms with E-state index in [1.165, 1.54) is 19.3 Å². The van der Waals surface area contributed by atoms with Gasteiger partial charge in [0.1, 0.15) is 5.75 Å². The summed E-state index contributed by atoms with van der Waals surface area (Å²) in [6, 6.07) is 13.6. The van der Waals surface area contributed by atoms with Gasteiger partial charge in [0.2, 0.25) is 0 Å². The van der Waals surface area contributed by atoms with Gasteiger partial charge in [0.05, 0.1) is 0 Å². The third kappa shape index (κ3) is 4.52. The Hall–Kier alpha value is -1.96. The molecular formula is C20H26O2. The second kappa shape index (κ2) is 8.47. The summed E-state index contributed by atoms with van der Waals surface area (Å²) in [6.07, 6.45) is 6.71. The van der Waals surface area contributed by atoms with Gasteiger partial charge in [-0.25, -0.2) is 0 Å². The summed E-state index contributed by atoms with van der Waals surface area (Å²) in [7, 11) is 0. The van der Waals surface area contributed by atoms with Crippen LogP contribution in [0.25, 0.3) is 0 Å². The van der Waals surface area contributed by atoms with E-state index in [9.17, 15) is 5.11 Å². The van der Waals surface area contributed by atoms with Crippen molar-refractivity contribution < 1.29 is 9.84 Å². The van der Waals surface area contributed by atoms with Crippen molar-refractivity contribution >= 4 is 0 Å². The SMILES string of the molecule is CCCCCCc1cc(CC)cc(O)c1Oc1ccccc1. The summed E-state index contributed by atoms with van der Waals surface area (Å²) in [5, 5.41) is 10.3. The van der Waals surface area contributed by atoms with Crippen LogP contribution in [-0.4, -0.2) is 5.11 Å². The molecule has 2 aromatic carbocycles. The Labute approximate surface area is 133 Å². The number of unbranched alkanes of at least 4 members (excludes halogenated alkanes) is 3. The number of ether oxygens (including phenoxy) is 1. The highest BCUT2D eigenvalue weighted by Crippen LogP contribution is 2.36. The fourth-order valence-electron chi connectivity index (χ4n) is 2.59. The molecule has 2 heteroatoms. The van der Waals surface area contributed by atoms with Crippen LogP contribution in [0.15, 0.2) is 42.5 Å². The Balaban J connectivity index is 2.21. The second-order valence-corrected chi connectivity index (χ2v) is 5.68. The van der Waals surface area contributed by atoms with E-state index in [2.05, 4.69) is 19.9 Å². The lowest BCUT2D eigenvalue weighted by molar-refractivity contribution is 0.406. The zero-order valence-corrected chi connectivity index (χ0v) is 13.6. The molecule has 0 fully saturated rings. The van der Waals surface area contributed by atoms with Crippen molar-refractivity contribution in [1.82, 2.24) is 0 Å². The molecule has 0 spiro atoms. The van der Waals surface area contributed by atoms with E-state index in [4.69, 9.17) is 4.74 Å². The average molecular weight is 298 g/mol. The molecule has 0 heterocycles. The molecule has 0 unspecified atom stereocenters. The maximum absolute atomic E-state index is 10.3. The number of hydrogen-bond donors (Lipinski definition) is 1. The van der Waals surface area contributed by atoms with Gasteiger partial charge in [-0.15, -0.1) is 0 Å². The van der Waals surface area contributed by atoms with Crippen molar-refractivity contribution in [1.29, 1.82) is 0 Å². The Morgan fingerprint density at radius 3 is 2.41 bits per heavy atom. The van der Waals surface area contributed by atoms with Gasteiger partial charge in [-0.3, -0.25) is 0 Å². The van der Waals surface area contributed by atoms with E-state index in [-0.39, 0.29) is 5.75 Å². The number of para-hydroxylation sites is 1. The third-order valence-corrected chi connectivity index (χ3v) is 3.88. The Bertz CT molecular complexity index is 576. The molecule has 0 saturated carbocycles. The first kappa shape index (κ1) is 16.4. The molecule has 22 heavy (non-hydrogen) atoms. The molecule has 0 aromatic heterocycles. The molecular weight excluding hydrogens is 272 g/mol. The van der Waals surface area contributed by atoms with Crippen molar-refractivity contribution in [2.24, 2.45) is 0 Å². The summed E-state index contributed by atoms with van der Waals surface area (Å²) in [6.45, 7) is 4.32. The van der Waals surface area contributed by atoms with Crippen molar-refractivity contribution in [2.45, 2.75) is 52.4 Å². The molecule has 0 aliphatic rings. The van der Waals surface area contributed by atoms with Crippen molar-refractivity contribution in [3.8, 4) is 17.2 Å². The van der Waals surface area contributed by atoms with Gasteiger partial charge in [-0.05, 0) is 48.6 Å². The maximum Gasteiger partial charge on any atom is 0.172 e. The topological polar surface area (TPSA) is 29.5 Å². The molecule has 1 N–H and O–H groups in total. The Kier molecular flexibility index (Phi) is 6.32. The summed E-state index contributed by atoms with van der Waals surface area (Å²) in [4.78, 5) is 0. The number of rotatable bonds is 8. The van der Waals surface area contributed by atoms with Crippen LogP contribution in [0.1, 0.15) is 50.7 Å². The monoisotopic (exact) mass is 298 g/mol. The molecule has 0 atom stereocenters. The number of hydrogen-bond acceptors (Lipinski definition) is 2. The second-order valence-electron chi connectivity index (χ2n) is 5.68. The van der Waals surface area contributed by atoms with Crippen LogP contribution in [0.4, 0.5) is 0 Å². The van der Waals surface area contributed by atoms with Gasteiger partial charge in [-0.1, -0.05) is 57.4 Å². The lowest BCUT2D eigenvalue weighted by atomic mass is 10.0. The van der Waals surface area contributed by atoms with E-state index in [0.717, 1.165) is 36.1 Å². The van der Waals surface area contributed by atoms with E-state index < -0.39 is 0 Å². The van der Waals surface area contributed by atoms with E-state index >= 15 is 0 Å². The Morgan fingerprint density at radius 1 is 0.955 bits per heavy atom. The first-order valence-electron chi connectivity index (χ1n) is 8.32. The van der Waals surface area contributed by atoms with Gasteiger partial charge in [-0.2, -0.15) is 0 Å². The smallest absolute Gasteiger partial charge is 0.172 e. The summed E-state index contributed by atoms with van der Waals surface area (Å²) < 4.78 is 5.95. The van der Waals surface area contributed by atoms with Gasteiger partial charge < -0.3 is 9.84 Å². The quantitative estimate of drug-likeness (QED) is 0.617. The molecule has 2 nitrogen and oxygen atoms in total. The number of phenolic OH excluding ortho intramolecular Hbond substituents is 1. The fraction of sp³-hybridized carbons (Fsp3) is 0.400. The van der Waals surface area contributed by atoms with Crippen molar-refractivity contribution in [3.05, 3.63) is 53.6 Å². The highest BCUT2D eigenvalue weighted by molar-refractivity contribution is 5.50. The van der Waals surface area contributed by atoms with E-state index in [1.807, 2.05) is 36.4 Å². The maximum atomic E-state index is 10.3. The minimum atomic E-state index is 0.244. The van der Waals surface area contributed by atoms with Crippen LogP contribution in [0.3, 0.4) is 0 Å². The van der Waals surface area contributed by atoms with E-state index in [1.54, 1.807) is 0 Å². The number of phenols is 1. The number of benzene rings is 2. The van der Waals surface area contributed by atoms with Gasteiger partial charge in [0.15, 0.2) is 11.5 Å². The highest BCUT2D eigenvalue weighted by Gasteiger charge is 2.12. The predicted molar refractivity (Wildman–Crippen MR) is 91.8 cm³/mol. The molecule has 0 aliphatic heterocycles.